The topological polar surface area (TPSA) is 49.5 Å². The number of aliphatic hydroxyl groups is 1. The van der Waals surface area contributed by atoms with Gasteiger partial charge in [-0.1, -0.05) is 6.07 Å². The molecule has 1 aromatic heterocycles. The largest absolute Gasteiger partial charge is 0.390 e. The van der Waals surface area contributed by atoms with Crippen molar-refractivity contribution in [1.82, 2.24) is 4.90 Å². The minimum Gasteiger partial charge on any atom is -0.390 e. The van der Waals surface area contributed by atoms with Crippen molar-refractivity contribution in [2.45, 2.75) is 19.1 Å². The van der Waals surface area contributed by atoms with E-state index >= 15 is 0 Å². The molecule has 2 unspecified atom stereocenters. The van der Waals surface area contributed by atoms with E-state index in [0.29, 0.717) is 19.1 Å². The zero-order valence-corrected chi connectivity index (χ0v) is 9.50. The Morgan fingerprint density at radius 1 is 1.64 bits per heavy atom. The van der Waals surface area contributed by atoms with E-state index in [1.54, 1.807) is 11.3 Å². The predicted octanol–water partition coefficient (Wildman–Crippen LogP) is 1.06. The standard InChI is InChI=1S/C10H18N2OS/c1-8(10-4-3-5-14-10)12(2)7-9(13)6-11/h3-5,8-9,13H,6-7,11H2,1-2H3. The minimum absolute atomic E-state index is 0.321. The third-order valence-electron chi connectivity index (χ3n) is 2.39. The first kappa shape index (κ1) is 11.7. The zero-order chi connectivity index (χ0) is 10.6. The molecule has 80 valence electrons. The molecule has 4 heteroatoms. The third-order valence-corrected chi connectivity index (χ3v) is 3.43. The van der Waals surface area contributed by atoms with E-state index < -0.39 is 6.10 Å². The van der Waals surface area contributed by atoms with Crippen LogP contribution in [-0.4, -0.2) is 36.2 Å². The summed E-state index contributed by atoms with van der Waals surface area (Å²) in [6.45, 7) is 3.08. The van der Waals surface area contributed by atoms with E-state index in [9.17, 15) is 5.11 Å². The molecule has 2 atom stereocenters. The smallest absolute Gasteiger partial charge is 0.0789 e. The van der Waals surface area contributed by atoms with Crippen LogP contribution in [0.5, 0.6) is 0 Å². The lowest BCUT2D eigenvalue weighted by molar-refractivity contribution is 0.115. The van der Waals surface area contributed by atoms with Gasteiger partial charge in [-0.25, -0.2) is 0 Å². The molecule has 3 nitrogen and oxygen atoms in total. The molecule has 1 aromatic rings. The van der Waals surface area contributed by atoms with Crippen LogP contribution >= 0.6 is 11.3 Å². The van der Waals surface area contributed by atoms with Crippen LogP contribution in [0.3, 0.4) is 0 Å². The van der Waals surface area contributed by atoms with E-state index in [4.69, 9.17) is 5.73 Å². The van der Waals surface area contributed by atoms with E-state index in [2.05, 4.69) is 23.3 Å². The Morgan fingerprint density at radius 2 is 2.36 bits per heavy atom. The van der Waals surface area contributed by atoms with E-state index in [0.717, 1.165) is 0 Å². The van der Waals surface area contributed by atoms with Gasteiger partial charge in [0.1, 0.15) is 0 Å². The van der Waals surface area contributed by atoms with Crippen molar-refractivity contribution < 1.29 is 5.11 Å². The molecule has 0 fully saturated rings. The molecule has 0 radical (unpaired) electrons. The van der Waals surface area contributed by atoms with Crippen LogP contribution in [0.15, 0.2) is 17.5 Å². The molecule has 1 rings (SSSR count). The summed E-state index contributed by atoms with van der Waals surface area (Å²) in [5.41, 5.74) is 5.37. The molecule has 0 aliphatic heterocycles. The summed E-state index contributed by atoms with van der Waals surface area (Å²) in [5.74, 6) is 0. The Kier molecular flexibility index (Phi) is 4.54. The molecule has 0 aliphatic rings. The summed E-state index contributed by atoms with van der Waals surface area (Å²) >= 11 is 1.74. The summed E-state index contributed by atoms with van der Waals surface area (Å²) in [7, 11) is 2.00. The highest BCUT2D eigenvalue weighted by Gasteiger charge is 2.14. The number of hydrogen-bond donors (Lipinski definition) is 2. The highest BCUT2D eigenvalue weighted by molar-refractivity contribution is 7.10. The van der Waals surface area contributed by atoms with Crippen LogP contribution in [0, 0.1) is 0 Å². The summed E-state index contributed by atoms with van der Waals surface area (Å²) < 4.78 is 0. The molecular formula is C10H18N2OS. The molecule has 3 N–H and O–H groups in total. The summed E-state index contributed by atoms with van der Waals surface area (Å²) in [4.78, 5) is 3.43. The monoisotopic (exact) mass is 214 g/mol. The number of rotatable bonds is 5. The van der Waals surface area contributed by atoms with Crippen molar-refractivity contribution in [2.75, 3.05) is 20.1 Å². The van der Waals surface area contributed by atoms with Gasteiger partial charge in [0.25, 0.3) is 0 Å². The van der Waals surface area contributed by atoms with Crippen LogP contribution in [0.1, 0.15) is 17.8 Å². The van der Waals surface area contributed by atoms with Crippen LogP contribution < -0.4 is 5.73 Å². The maximum Gasteiger partial charge on any atom is 0.0789 e. The van der Waals surface area contributed by atoms with E-state index in [1.807, 2.05) is 13.1 Å². The van der Waals surface area contributed by atoms with Gasteiger partial charge in [0.15, 0.2) is 0 Å². The van der Waals surface area contributed by atoms with Gasteiger partial charge >= 0.3 is 0 Å². The molecule has 1 heterocycles. The lowest BCUT2D eigenvalue weighted by Crippen LogP contribution is -2.35. The van der Waals surface area contributed by atoms with Crippen molar-refractivity contribution in [3.63, 3.8) is 0 Å². The SMILES string of the molecule is CC(c1cccs1)N(C)CC(O)CN. The number of nitrogens with two attached hydrogens (primary N) is 1. The van der Waals surface area contributed by atoms with Crippen molar-refractivity contribution in [1.29, 1.82) is 0 Å². The molecule has 0 saturated carbocycles. The van der Waals surface area contributed by atoms with E-state index in [1.165, 1.54) is 4.88 Å². The minimum atomic E-state index is -0.428. The van der Waals surface area contributed by atoms with Gasteiger partial charge < -0.3 is 10.8 Å². The fourth-order valence-electron chi connectivity index (χ4n) is 1.31. The Bertz CT molecular complexity index is 251. The normalized spacial score (nSPS) is 15.8. The number of nitrogens with zero attached hydrogens (tertiary/aromatic N) is 1. The van der Waals surface area contributed by atoms with Gasteiger partial charge in [-0.05, 0) is 25.4 Å². The molecule has 0 aliphatic carbocycles. The Balaban J connectivity index is 2.48. The lowest BCUT2D eigenvalue weighted by Gasteiger charge is -2.25. The first-order chi connectivity index (χ1) is 6.65. The zero-order valence-electron chi connectivity index (χ0n) is 8.68. The average Bonchev–Trinajstić information content (AvgIpc) is 2.69. The first-order valence-corrected chi connectivity index (χ1v) is 5.65. The Labute approximate surface area is 89.2 Å². The molecular weight excluding hydrogens is 196 g/mol. The fourth-order valence-corrected chi connectivity index (χ4v) is 2.16. The number of hydrogen-bond acceptors (Lipinski definition) is 4. The molecule has 14 heavy (non-hydrogen) atoms. The molecule has 0 aromatic carbocycles. The maximum atomic E-state index is 9.41. The molecule has 0 spiro atoms. The molecule has 0 bridgehead atoms. The molecule has 0 amide bonds. The van der Waals surface area contributed by atoms with Gasteiger partial charge in [0.05, 0.1) is 6.10 Å². The summed E-state index contributed by atoms with van der Waals surface area (Å²) in [6, 6.07) is 4.50. The quantitative estimate of drug-likeness (QED) is 0.770. The summed E-state index contributed by atoms with van der Waals surface area (Å²) in [6.07, 6.45) is -0.428. The summed E-state index contributed by atoms with van der Waals surface area (Å²) in [5, 5.41) is 11.5. The van der Waals surface area contributed by atoms with Crippen molar-refractivity contribution in [3.05, 3.63) is 22.4 Å². The lowest BCUT2D eigenvalue weighted by atomic mass is 10.2. The van der Waals surface area contributed by atoms with Gasteiger partial charge in [-0.3, -0.25) is 4.90 Å². The third kappa shape index (κ3) is 3.06. The maximum absolute atomic E-state index is 9.41. The predicted molar refractivity (Wildman–Crippen MR) is 60.4 cm³/mol. The van der Waals surface area contributed by atoms with Gasteiger partial charge in [-0.15, -0.1) is 11.3 Å². The number of likely N-dealkylation sites (N-methyl/N-ethyl adjacent to an activating group) is 1. The second-order valence-electron chi connectivity index (χ2n) is 3.52. The van der Waals surface area contributed by atoms with Gasteiger partial charge in [-0.2, -0.15) is 0 Å². The Morgan fingerprint density at radius 3 is 2.86 bits per heavy atom. The van der Waals surface area contributed by atoms with Crippen LogP contribution in [0.4, 0.5) is 0 Å². The first-order valence-electron chi connectivity index (χ1n) is 4.77. The Hall–Kier alpha value is -0.420. The van der Waals surface area contributed by atoms with Crippen molar-refractivity contribution in [3.8, 4) is 0 Å². The van der Waals surface area contributed by atoms with Crippen molar-refractivity contribution in [2.24, 2.45) is 5.73 Å². The molecule has 0 saturated heterocycles. The second-order valence-corrected chi connectivity index (χ2v) is 4.50. The highest BCUT2D eigenvalue weighted by atomic mass is 32.1. The number of thiophene rings is 1. The van der Waals surface area contributed by atoms with Gasteiger partial charge in [0, 0.05) is 24.0 Å². The van der Waals surface area contributed by atoms with Gasteiger partial charge in [0.2, 0.25) is 0 Å². The van der Waals surface area contributed by atoms with Crippen molar-refractivity contribution >= 4 is 11.3 Å². The van der Waals surface area contributed by atoms with Crippen LogP contribution in [0.2, 0.25) is 0 Å². The van der Waals surface area contributed by atoms with E-state index in [-0.39, 0.29) is 0 Å². The highest BCUT2D eigenvalue weighted by Crippen LogP contribution is 2.23. The fraction of sp³-hybridized carbons (Fsp3) is 0.600. The van der Waals surface area contributed by atoms with Crippen LogP contribution in [-0.2, 0) is 0 Å². The van der Waals surface area contributed by atoms with Crippen LogP contribution in [0.25, 0.3) is 0 Å². The average molecular weight is 214 g/mol. The second kappa shape index (κ2) is 5.46. The number of aliphatic hydroxyl groups excluding tert-OH is 1.